The smallest absolute Gasteiger partial charge is 0.336 e. The van der Waals surface area contributed by atoms with Crippen molar-refractivity contribution in [3.63, 3.8) is 0 Å². The van der Waals surface area contributed by atoms with E-state index >= 15 is 0 Å². The van der Waals surface area contributed by atoms with Gasteiger partial charge in [0.15, 0.2) is 17.8 Å². The topological polar surface area (TPSA) is 82.1 Å². The van der Waals surface area contributed by atoms with Gasteiger partial charge in [-0.05, 0) is 12.1 Å². The number of rotatable bonds is 5. The normalized spacial score (nSPS) is 18.1. The van der Waals surface area contributed by atoms with E-state index in [1.165, 1.54) is 19.2 Å². The first-order valence-corrected chi connectivity index (χ1v) is 5.80. The van der Waals surface area contributed by atoms with Crippen LogP contribution in [-0.2, 0) is 4.74 Å². The van der Waals surface area contributed by atoms with E-state index in [-0.39, 0.29) is 23.0 Å². The van der Waals surface area contributed by atoms with Crippen LogP contribution in [0.3, 0.4) is 0 Å². The van der Waals surface area contributed by atoms with Crippen LogP contribution in [0.4, 0.5) is 0 Å². The van der Waals surface area contributed by atoms with Crippen LogP contribution in [0.1, 0.15) is 27.1 Å². The summed E-state index contributed by atoms with van der Waals surface area (Å²) in [5.41, 5.74) is -0.0518. The van der Waals surface area contributed by atoms with Gasteiger partial charge in [0.25, 0.3) is 0 Å². The zero-order chi connectivity index (χ0) is 13.8. The summed E-state index contributed by atoms with van der Waals surface area (Å²) in [7, 11) is 1.42. The van der Waals surface area contributed by atoms with Gasteiger partial charge in [-0.15, -0.1) is 0 Å². The van der Waals surface area contributed by atoms with Gasteiger partial charge in [-0.1, -0.05) is 0 Å². The molecule has 1 aliphatic rings. The Morgan fingerprint density at radius 3 is 2.79 bits per heavy atom. The molecule has 102 valence electrons. The van der Waals surface area contributed by atoms with Crippen molar-refractivity contribution >= 4 is 12.3 Å². The molecule has 1 aliphatic heterocycles. The minimum Gasteiger partial charge on any atom is -0.493 e. The monoisotopic (exact) mass is 266 g/mol. The Morgan fingerprint density at radius 2 is 2.26 bits per heavy atom. The number of aldehydes is 1. The molecular formula is C13H14O6. The number of methoxy groups -OCH3 is 1. The Morgan fingerprint density at radius 1 is 1.47 bits per heavy atom. The molecule has 19 heavy (non-hydrogen) atoms. The van der Waals surface area contributed by atoms with Gasteiger partial charge in [-0.3, -0.25) is 4.79 Å². The van der Waals surface area contributed by atoms with Gasteiger partial charge in [0, 0.05) is 12.0 Å². The molecule has 6 heteroatoms. The molecule has 2 rings (SSSR count). The lowest BCUT2D eigenvalue weighted by atomic mass is 10.1. The van der Waals surface area contributed by atoms with Gasteiger partial charge in [-0.25, -0.2) is 4.79 Å². The number of hydrogen-bond acceptors (Lipinski definition) is 5. The Hall–Kier alpha value is -2.08. The molecule has 0 saturated carbocycles. The first kappa shape index (κ1) is 13.4. The highest BCUT2D eigenvalue weighted by molar-refractivity contribution is 5.98. The van der Waals surface area contributed by atoms with Crippen LogP contribution in [0.2, 0.25) is 0 Å². The Kier molecular flexibility index (Phi) is 4.01. The van der Waals surface area contributed by atoms with Crippen molar-refractivity contribution in [2.24, 2.45) is 0 Å². The third kappa shape index (κ3) is 2.85. The van der Waals surface area contributed by atoms with Crippen molar-refractivity contribution in [2.45, 2.75) is 12.5 Å². The molecule has 6 nitrogen and oxygen atoms in total. The molecule has 1 atom stereocenters. The van der Waals surface area contributed by atoms with Crippen LogP contribution in [-0.4, -0.2) is 43.8 Å². The van der Waals surface area contributed by atoms with Crippen LogP contribution in [0.15, 0.2) is 12.1 Å². The van der Waals surface area contributed by atoms with Crippen LogP contribution in [0.5, 0.6) is 11.5 Å². The van der Waals surface area contributed by atoms with Gasteiger partial charge >= 0.3 is 5.97 Å². The molecule has 1 saturated heterocycles. The standard InChI is InChI=1S/C13H14O6/c1-17-11-5-10(13(15)16)8(6-14)4-12(11)19-9-2-3-18-7-9/h4-6,9H,2-3,7H2,1H3,(H,15,16). The highest BCUT2D eigenvalue weighted by atomic mass is 16.6. The highest BCUT2D eigenvalue weighted by Gasteiger charge is 2.21. The molecule has 1 heterocycles. The van der Waals surface area contributed by atoms with E-state index in [0.717, 1.165) is 6.42 Å². The second-order valence-electron chi connectivity index (χ2n) is 4.12. The Labute approximate surface area is 109 Å². The van der Waals surface area contributed by atoms with Crippen LogP contribution >= 0.6 is 0 Å². The van der Waals surface area contributed by atoms with Crippen molar-refractivity contribution in [1.29, 1.82) is 0 Å². The molecule has 0 spiro atoms. The maximum absolute atomic E-state index is 11.0. The molecule has 0 amide bonds. The van der Waals surface area contributed by atoms with E-state index in [0.29, 0.717) is 25.2 Å². The third-order valence-electron chi connectivity index (χ3n) is 2.87. The minimum absolute atomic E-state index is 0.0576. The van der Waals surface area contributed by atoms with Crippen LogP contribution < -0.4 is 9.47 Å². The van der Waals surface area contributed by atoms with Crippen LogP contribution in [0.25, 0.3) is 0 Å². The number of carboxylic acids is 1. The summed E-state index contributed by atoms with van der Waals surface area (Å²) in [6.45, 7) is 1.10. The minimum atomic E-state index is -1.18. The molecule has 0 radical (unpaired) electrons. The molecule has 1 unspecified atom stereocenters. The molecule has 1 aromatic carbocycles. The van der Waals surface area contributed by atoms with Gasteiger partial charge in [-0.2, -0.15) is 0 Å². The summed E-state index contributed by atoms with van der Waals surface area (Å²) in [5, 5.41) is 9.02. The highest BCUT2D eigenvalue weighted by Crippen LogP contribution is 2.32. The molecule has 0 aromatic heterocycles. The predicted octanol–water partition coefficient (Wildman–Crippen LogP) is 1.37. The first-order chi connectivity index (χ1) is 9.15. The zero-order valence-corrected chi connectivity index (χ0v) is 10.4. The van der Waals surface area contributed by atoms with E-state index in [9.17, 15) is 9.59 Å². The molecule has 1 aromatic rings. The van der Waals surface area contributed by atoms with Gasteiger partial charge < -0.3 is 19.3 Å². The lowest BCUT2D eigenvalue weighted by molar-refractivity contribution is 0.0693. The van der Waals surface area contributed by atoms with Crippen molar-refractivity contribution in [2.75, 3.05) is 20.3 Å². The number of carboxylic acid groups (broad SMARTS) is 1. The Bertz CT molecular complexity index is 490. The fourth-order valence-electron chi connectivity index (χ4n) is 1.90. The van der Waals surface area contributed by atoms with E-state index in [1.54, 1.807) is 0 Å². The summed E-state index contributed by atoms with van der Waals surface area (Å²) in [6.07, 6.45) is 1.13. The van der Waals surface area contributed by atoms with E-state index in [4.69, 9.17) is 19.3 Å². The van der Waals surface area contributed by atoms with Crippen molar-refractivity contribution in [3.05, 3.63) is 23.3 Å². The first-order valence-electron chi connectivity index (χ1n) is 5.80. The lowest BCUT2D eigenvalue weighted by Gasteiger charge is -2.16. The lowest BCUT2D eigenvalue weighted by Crippen LogP contribution is -2.16. The number of carbonyl (C=O) groups is 2. The fraction of sp³-hybridized carbons (Fsp3) is 0.385. The SMILES string of the molecule is COc1cc(C(=O)O)c(C=O)cc1OC1CCOC1. The van der Waals surface area contributed by atoms with Gasteiger partial charge in [0.1, 0.15) is 6.10 Å². The quantitative estimate of drug-likeness (QED) is 0.811. The summed E-state index contributed by atoms with van der Waals surface area (Å²) in [6, 6.07) is 2.67. The number of carbonyl (C=O) groups excluding carboxylic acids is 1. The Balaban J connectivity index is 2.35. The number of benzene rings is 1. The van der Waals surface area contributed by atoms with E-state index < -0.39 is 5.97 Å². The number of hydrogen-bond donors (Lipinski definition) is 1. The molecule has 1 N–H and O–H groups in total. The zero-order valence-electron chi connectivity index (χ0n) is 10.4. The average molecular weight is 266 g/mol. The second-order valence-corrected chi connectivity index (χ2v) is 4.12. The number of ether oxygens (including phenoxy) is 3. The van der Waals surface area contributed by atoms with Gasteiger partial charge in [0.05, 0.1) is 25.9 Å². The van der Waals surface area contributed by atoms with E-state index in [2.05, 4.69) is 0 Å². The maximum atomic E-state index is 11.0. The summed E-state index contributed by atoms with van der Waals surface area (Å²) < 4.78 is 16.0. The second kappa shape index (κ2) is 5.71. The van der Waals surface area contributed by atoms with E-state index in [1.807, 2.05) is 0 Å². The van der Waals surface area contributed by atoms with Crippen molar-refractivity contribution in [1.82, 2.24) is 0 Å². The molecule has 0 aliphatic carbocycles. The largest absolute Gasteiger partial charge is 0.493 e. The summed E-state index contributed by atoms with van der Waals surface area (Å²) in [5.74, 6) is -0.545. The van der Waals surface area contributed by atoms with Crippen molar-refractivity contribution in [3.8, 4) is 11.5 Å². The predicted molar refractivity (Wildman–Crippen MR) is 65.2 cm³/mol. The van der Waals surface area contributed by atoms with Gasteiger partial charge in [0.2, 0.25) is 0 Å². The molecule has 0 bridgehead atoms. The fourth-order valence-corrected chi connectivity index (χ4v) is 1.90. The molecule has 1 fully saturated rings. The summed E-state index contributed by atoms with van der Waals surface area (Å²) in [4.78, 5) is 22.0. The van der Waals surface area contributed by atoms with Crippen molar-refractivity contribution < 1.29 is 28.9 Å². The third-order valence-corrected chi connectivity index (χ3v) is 2.87. The maximum Gasteiger partial charge on any atom is 0.336 e. The number of aromatic carboxylic acids is 1. The average Bonchev–Trinajstić information content (AvgIpc) is 2.90. The summed E-state index contributed by atoms with van der Waals surface area (Å²) >= 11 is 0. The van der Waals surface area contributed by atoms with Crippen LogP contribution in [0, 0.1) is 0 Å². The molecular weight excluding hydrogens is 252 g/mol.